The molecule has 1 N–H and O–H groups in total. The molecule has 1 aromatic rings. The molecule has 0 saturated heterocycles. The summed E-state index contributed by atoms with van der Waals surface area (Å²) in [5.74, 6) is 1.16. The van der Waals surface area contributed by atoms with Crippen LogP contribution in [-0.4, -0.2) is 12.4 Å². The topological polar surface area (TPSA) is 21.3 Å². The van der Waals surface area contributed by atoms with Gasteiger partial charge in [-0.25, -0.2) is 4.39 Å². The highest BCUT2D eigenvalue weighted by Gasteiger charge is 2.34. The molecule has 0 saturated carbocycles. The van der Waals surface area contributed by atoms with Crippen molar-refractivity contribution >= 4 is 34.4 Å². The van der Waals surface area contributed by atoms with Gasteiger partial charge in [-0.3, -0.25) is 0 Å². The summed E-state index contributed by atoms with van der Waals surface area (Å²) in [6.45, 7) is 0.585. The second kappa shape index (κ2) is 5.35. The highest BCUT2D eigenvalue weighted by Crippen LogP contribution is 2.48. The lowest BCUT2D eigenvalue weighted by Gasteiger charge is -2.31. The predicted octanol–water partition coefficient (Wildman–Crippen LogP) is 4.26. The molecule has 1 unspecified atom stereocenters. The Hall–Kier alpha value is -0.950. The summed E-state index contributed by atoms with van der Waals surface area (Å²) in [5.41, 5.74) is 4.85. The van der Waals surface area contributed by atoms with Gasteiger partial charge in [0.2, 0.25) is 0 Å². The number of halogens is 2. The Labute approximate surface area is 140 Å². The van der Waals surface area contributed by atoms with E-state index >= 15 is 0 Å². The van der Waals surface area contributed by atoms with E-state index < -0.39 is 0 Å². The fraction of sp³-hybridized carbons (Fsp3) is 0.250. The first-order valence-electron chi connectivity index (χ1n) is 6.83. The van der Waals surface area contributed by atoms with E-state index in [0.29, 0.717) is 10.2 Å². The van der Waals surface area contributed by atoms with Gasteiger partial charge in [-0.1, -0.05) is 6.07 Å². The van der Waals surface area contributed by atoms with Crippen LogP contribution in [0.3, 0.4) is 0 Å². The number of hydrogen-bond acceptors (Lipinski definition) is 3. The molecule has 3 aliphatic heterocycles. The molecule has 21 heavy (non-hydrogen) atoms. The fourth-order valence-corrected chi connectivity index (χ4v) is 4.84. The molecule has 1 aromatic carbocycles. The lowest BCUT2D eigenvalue weighted by atomic mass is 9.85. The fourth-order valence-electron chi connectivity index (χ4n) is 3.02. The Balaban J connectivity index is 1.85. The van der Waals surface area contributed by atoms with Crippen molar-refractivity contribution in [3.05, 3.63) is 67.4 Å². The minimum Gasteiger partial charge on any atom is -0.495 e. The van der Waals surface area contributed by atoms with Crippen molar-refractivity contribution in [1.29, 1.82) is 0 Å². The van der Waals surface area contributed by atoms with Crippen molar-refractivity contribution < 1.29 is 9.13 Å². The van der Waals surface area contributed by atoms with E-state index in [1.165, 1.54) is 16.2 Å². The number of benzene rings is 1. The van der Waals surface area contributed by atoms with E-state index in [0.717, 1.165) is 23.4 Å². The molecule has 0 spiro atoms. The van der Waals surface area contributed by atoms with E-state index in [9.17, 15) is 4.39 Å². The van der Waals surface area contributed by atoms with Crippen LogP contribution in [0.4, 0.5) is 4.39 Å². The van der Waals surface area contributed by atoms with Gasteiger partial charge >= 0.3 is 0 Å². The summed E-state index contributed by atoms with van der Waals surface area (Å²) in [7, 11) is 0. The minimum absolute atomic E-state index is 0.154. The Morgan fingerprint density at radius 2 is 2.24 bits per heavy atom. The van der Waals surface area contributed by atoms with Crippen LogP contribution in [-0.2, 0) is 4.74 Å². The zero-order chi connectivity index (χ0) is 14.4. The van der Waals surface area contributed by atoms with Gasteiger partial charge in [0.1, 0.15) is 12.4 Å². The molecule has 3 aliphatic rings. The van der Waals surface area contributed by atoms with Gasteiger partial charge in [-0.2, -0.15) is 0 Å². The van der Waals surface area contributed by atoms with Gasteiger partial charge in [0.05, 0.1) is 12.0 Å². The third-order valence-electron chi connectivity index (χ3n) is 3.98. The van der Waals surface area contributed by atoms with E-state index in [1.54, 1.807) is 12.3 Å². The zero-order valence-electron chi connectivity index (χ0n) is 11.2. The van der Waals surface area contributed by atoms with E-state index in [-0.39, 0.29) is 11.7 Å². The molecule has 3 heterocycles. The summed E-state index contributed by atoms with van der Waals surface area (Å²) in [5, 5.41) is 3.53. The maximum Gasteiger partial charge on any atom is 0.136 e. The van der Waals surface area contributed by atoms with Crippen LogP contribution >= 0.6 is 34.4 Å². The Kier molecular flexibility index (Phi) is 3.49. The molecule has 0 radical (unpaired) electrons. The number of nitrogens with one attached hydrogen (secondary N) is 1. The second-order valence-corrected chi connectivity index (χ2v) is 7.52. The average molecular weight is 413 g/mol. The van der Waals surface area contributed by atoms with Gasteiger partial charge < -0.3 is 10.1 Å². The summed E-state index contributed by atoms with van der Waals surface area (Å²) < 4.78 is 19.7. The molecular weight excluding hydrogens is 400 g/mol. The summed E-state index contributed by atoms with van der Waals surface area (Å²) in [4.78, 5) is 1.38. The number of rotatable bonds is 1. The Bertz CT molecular complexity index is 710. The lowest BCUT2D eigenvalue weighted by molar-refractivity contribution is 0.266. The first kappa shape index (κ1) is 13.7. The molecule has 0 aromatic heterocycles. The molecular formula is C16H13FINOS. The summed E-state index contributed by atoms with van der Waals surface area (Å²) >= 11 is 3.97. The quantitative estimate of drug-likeness (QED) is 0.696. The Morgan fingerprint density at radius 1 is 1.33 bits per heavy atom. The van der Waals surface area contributed by atoms with E-state index in [4.69, 9.17) is 4.74 Å². The second-order valence-electron chi connectivity index (χ2n) is 5.22. The molecule has 5 heteroatoms. The van der Waals surface area contributed by atoms with Gasteiger partial charge in [0, 0.05) is 25.8 Å². The zero-order valence-corrected chi connectivity index (χ0v) is 14.1. The normalized spacial score (nSPS) is 23.6. The number of allylic oxidation sites excluding steroid dienone is 4. The molecule has 0 amide bonds. The first-order chi connectivity index (χ1) is 10.2. The highest BCUT2D eigenvalue weighted by molar-refractivity contribution is 14.1. The van der Waals surface area contributed by atoms with Gasteiger partial charge in [0.15, 0.2) is 0 Å². The third-order valence-corrected chi connectivity index (χ3v) is 6.01. The first-order valence-corrected chi connectivity index (χ1v) is 8.89. The van der Waals surface area contributed by atoms with Crippen molar-refractivity contribution in [2.45, 2.75) is 12.3 Å². The predicted molar refractivity (Wildman–Crippen MR) is 91.2 cm³/mol. The van der Waals surface area contributed by atoms with E-state index in [1.807, 2.05) is 30.0 Å². The number of thioether (sulfide) groups is 1. The molecule has 2 nitrogen and oxygen atoms in total. The smallest absolute Gasteiger partial charge is 0.136 e. The van der Waals surface area contributed by atoms with Crippen LogP contribution in [0.2, 0.25) is 0 Å². The average Bonchev–Trinajstić information content (AvgIpc) is 2.95. The number of dihydropyridines is 1. The number of hydrogen-bond donors (Lipinski definition) is 1. The Morgan fingerprint density at radius 3 is 3.10 bits per heavy atom. The van der Waals surface area contributed by atoms with Gasteiger partial charge in [-0.05, 0) is 58.4 Å². The van der Waals surface area contributed by atoms with Gasteiger partial charge in [-0.15, -0.1) is 11.8 Å². The SMILES string of the molecule is Fc1ccc(C2C3=C(COC=C3)NC3=C2SCC3)cc1I. The van der Waals surface area contributed by atoms with Crippen molar-refractivity contribution in [3.63, 3.8) is 0 Å². The molecule has 1 atom stereocenters. The minimum atomic E-state index is -0.154. The van der Waals surface area contributed by atoms with Crippen molar-refractivity contribution in [1.82, 2.24) is 5.32 Å². The van der Waals surface area contributed by atoms with Gasteiger partial charge in [0.25, 0.3) is 0 Å². The van der Waals surface area contributed by atoms with Crippen LogP contribution in [0.25, 0.3) is 0 Å². The van der Waals surface area contributed by atoms with Crippen LogP contribution in [0.1, 0.15) is 17.9 Å². The third kappa shape index (κ3) is 2.30. The van der Waals surface area contributed by atoms with Crippen LogP contribution in [0.5, 0.6) is 0 Å². The highest BCUT2D eigenvalue weighted by atomic mass is 127. The van der Waals surface area contributed by atoms with Crippen molar-refractivity contribution in [2.24, 2.45) is 0 Å². The molecule has 108 valence electrons. The summed E-state index contributed by atoms with van der Waals surface area (Å²) in [6.07, 6.45) is 4.86. The van der Waals surface area contributed by atoms with Crippen molar-refractivity contribution in [3.8, 4) is 0 Å². The van der Waals surface area contributed by atoms with Crippen molar-refractivity contribution in [2.75, 3.05) is 12.4 Å². The van der Waals surface area contributed by atoms with Crippen LogP contribution < -0.4 is 5.32 Å². The van der Waals surface area contributed by atoms with Crippen LogP contribution in [0, 0.1) is 9.39 Å². The molecule has 0 bridgehead atoms. The number of ether oxygens (including phenoxy) is 1. The monoisotopic (exact) mass is 413 g/mol. The lowest BCUT2D eigenvalue weighted by Crippen LogP contribution is -2.27. The molecule has 0 aliphatic carbocycles. The maximum absolute atomic E-state index is 13.6. The van der Waals surface area contributed by atoms with E-state index in [2.05, 4.69) is 27.9 Å². The largest absolute Gasteiger partial charge is 0.495 e. The maximum atomic E-state index is 13.6. The summed E-state index contributed by atoms with van der Waals surface area (Å²) in [6, 6.07) is 5.44. The standard InChI is InChI=1S/C16H13FINOS/c17-11-2-1-9(7-12(11)18)15-10-3-5-20-8-14(10)19-13-4-6-21-16(13)15/h1-3,5,7,15,19H,4,6,8H2. The molecule has 0 fully saturated rings. The molecule has 4 rings (SSSR count). The van der Waals surface area contributed by atoms with Crippen LogP contribution in [0.15, 0.2) is 52.4 Å².